The van der Waals surface area contributed by atoms with Gasteiger partial charge in [-0.3, -0.25) is 0 Å². The van der Waals surface area contributed by atoms with Gasteiger partial charge >= 0.3 is 0 Å². The maximum atomic E-state index is 4.59. The first kappa shape index (κ1) is 15.8. The van der Waals surface area contributed by atoms with E-state index in [0.717, 1.165) is 25.3 Å². The van der Waals surface area contributed by atoms with Crippen LogP contribution in [0.4, 0.5) is 0 Å². The highest BCUT2D eigenvalue weighted by Gasteiger charge is 2.18. The average molecular weight is 285 g/mol. The summed E-state index contributed by atoms with van der Waals surface area (Å²) in [6, 6.07) is 9.09. The van der Waals surface area contributed by atoms with Crippen LogP contribution >= 0.6 is 0 Å². The average Bonchev–Trinajstić information content (AvgIpc) is 2.93. The van der Waals surface area contributed by atoms with Gasteiger partial charge in [0, 0.05) is 18.9 Å². The first-order valence-electron chi connectivity index (χ1n) is 8.01. The normalized spacial score (nSPS) is 12.8. The van der Waals surface area contributed by atoms with Crippen LogP contribution in [0.15, 0.2) is 36.7 Å². The van der Waals surface area contributed by atoms with Crippen LogP contribution in [0.3, 0.4) is 0 Å². The zero-order valence-electron chi connectivity index (χ0n) is 13.6. The molecule has 114 valence electrons. The van der Waals surface area contributed by atoms with E-state index in [9.17, 15) is 0 Å². The fourth-order valence-electron chi connectivity index (χ4n) is 2.65. The summed E-state index contributed by atoms with van der Waals surface area (Å²) in [4.78, 5) is 4.59. The molecule has 1 aromatic heterocycles. The molecule has 0 fully saturated rings. The van der Waals surface area contributed by atoms with Crippen LogP contribution in [0.25, 0.3) is 0 Å². The highest BCUT2D eigenvalue weighted by molar-refractivity contribution is 5.30. The van der Waals surface area contributed by atoms with Gasteiger partial charge in [-0.25, -0.2) is 4.98 Å². The molecule has 3 heteroatoms. The fourth-order valence-corrected chi connectivity index (χ4v) is 2.65. The first-order chi connectivity index (χ1) is 10.2. The third-order valence-corrected chi connectivity index (χ3v) is 3.82. The van der Waals surface area contributed by atoms with Crippen molar-refractivity contribution < 1.29 is 0 Å². The van der Waals surface area contributed by atoms with Crippen molar-refractivity contribution in [2.45, 2.75) is 52.6 Å². The monoisotopic (exact) mass is 285 g/mol. The van der Waals surface area contributed by atoms with Crippen molar-refractivity contribution in [3.05, 3.63) is 53.6 Å². The highest BCUT2D eigenvalue weighted by atomic mass is 15.1. The molecule has 0 amide bonds. The lowest BCUT2D eigenvalue weighted by atomic mass is 9.98. The van der Waals surface area contributed by atoms with Gasteiger partial charge in [0.15, 0.2) is 0 Å². The number of imidazole rings is 1. The van der Waals surface area contributed by atoms with Crippen molar-refractivity contribution >= 4 is 0 Å². The van der Waals surface area contributed by atoms with E-state index in [1.54, 1.807) is 0 Å². The summed E-state index contributed by atoms with van der Waals surface area (Å²) in [7, 11) is 0. The predicted octanol–water partition coefficient (Wildman–Crippen LogP) is 4.12. The van der Waals surface area contributed by atoms with Gasteiger partial charge in [-0.2, -0.15) is 0 Å². The van der Waals surface area contributed by atoms with Gasteiger partial charge in [-0.1, -0.05) is 52.0 Å². The minimum Gasteiger partial charge on any atom is -0.333 e. The summed E-state index contributed by atoms with van der Waals surface area (Å²) >= 11 is 0. The zero-order chi connectivity index (χ0) is 15.2. The number of aryl methyl sites for hydroxylation is 1. The Kier molecular flexibility index (Phi) is 5.57. The topological polar surface area (TPSA) is 29.9 Å². The summed E-state index contributed by atoms with van der Waals surface area (Å²) in [5.41, 5.74) is 2.66. The van der Waals surface area contributed by atoms with Crippen molar-refractivity contribution in [2.75, 3.05) is 6.54 Å². The third-order valence-electron chi connectivity index (χ3n) is 3.82. The van der Waals surface area contributed by atoms with Gasteiger partial charge in [-0.05, 0) is 30.0 Å². The molecular formula is C18H27N3. The second kappa shape index (κ2) is 7.41. The Morgan fingerprint density at radius 2 is 1.76 bits per heavy atom. The van der Waals surface area contributed by atoms with Crippen molar-refractivity contribution in [2.24, 2.45) is 0 Å². The zero-order valence-corrected chi connectivity index (χ0v) is 13.6. The predicted molar refractivity (Wildman–Crippen MR) is 88.6 cm³/mol. The Bertz CT molecular complexity index is 540. The molecule has 21 heavy (non-hydrogen) atoms. The molecule has 0 saturated carbocycles. The van der Waals surface area contributed by atoms with E-state index in [1.807, 2.05) is 6.20 Å². The smallest absolute Gasteiger partial charge is 0.130 e. The third kappa shape index (κ3) is 3.73. The number of benzene rings is 1. The summed E-state index contributed by atoms with van der Waals surface area (Å²) in [6.45, 7) is 10.7. The van der Waals surface area contributed by atoms with Crippen LogP contribution in [-0.2, 0) is 6.54 Å². The van der Waals surface area contributed by atoms with E-state index < -0.39 is 0 Å². The number of nitrogens with one attached hydrogen (secondary N) is 1. The van der Waals surface area contributed by atoms with E-state index in [2.05, 4.69) is 73.0 Å². The fraction of sp³-hybridized carbons (Fsp3) is 0.500. The number of nitrogens with zero attached hydrogens (tertiary/aromatic N) is 2. The second-order valence-electron chi connectivity index (χ2n) is 5.79. The van der Waals surface area contributed by atoms with Gasteiger partial charge in [0.2, 0.25) is 0 Å². The molecule has 0 bridgehead atoms. The summed E-state index contributed by atoms with van der Waals surface area (Å²) in [5, 5.41) is 3.57. The van der Waals surface area contributed by atoms with E-state index in [4.69, 9.17) is 0 Å². The van der Waals surface area contributed by atoms with Crippen LogP contribution in [0.5, 0.6) is 0 Å². The Morgan fingerprint density at radius 3 is 2.33 bits per heavy atom. The molecule has 3 nitrogen and oxygen atoms in total. The minimum atomic E-state index is 0.165. The lowest BCUT2D eigenvalue weighted by molar-refractivity contribution is 0.544. The van der Waals surface area contributed by atoms with Crippen LogP contribution in [-0.4, -0.2) is 16.1 Å². The van der Waals surface area contributed by atoms with E-state index in [0.29, 0.717) is 5.92 Å². The SMILES string of the molecule is CCCn1ccnc1C(NCC)c1ccc(C(C)C)cc1. The Morgan fingerprint density at radius 1 is 1.10 bits per heavy atom. The highest BCUT2D eigenvalue weighted by Crippen LogP contribution is 2.23. The molecule has 2 rings (SSSR count). The van der Waals surface area contributed by atoms with Gasteiger partial charge < -0.3 is 9.88 Å². The van der Waals surface area contributed by atoms with E-state index in [1.165, 1.54) is 11.1 Å². The van der Waals surface area contributed by atoms with Crippen LogP contribution in [0, 0.1) is 0 Å². The Hall–Kier alpha value is -1.61. The lowest BCUT2D eigenvalue weighted by Gasteiger charge is -2.20. The van der Waals surface area contributed by atoms with Crippen LogP contribution < -0.4 is 5.32 Å². The maximum Gasteiger partial charge on any atom is 0.130 e. The Balaban J connectivity index is 2.31. The van der Waals surface area contributed by atoms with E-state index in [-0.39, 0.29) is 6.04 Å². The van der Waals surface area contributed by atoms with Crippen LogP contribution in [0.1, 0.15) is 63.0 Å². The van der Waals surface area contributed by atoms with Crippen LogP contribution in [0.2, 0.25) is 0 Å². The molecule has 0 spiro atoms. The molecule has 0 radical (unpaired) electrons. The molecule has 1 unspecified atom stereocenters. The molecule has 0 aliphatic rings. The molecule has 1 atom stereocenters. The molecule has 1 N–H and O–H groups in total. The molecule has 0 aliphatic heterocycles. The molecule has 0 saturated heterocycles. The number of aromatic nitrogens is 2. The van der Waals surface area contributed by atoms with Gasteiger partial charge in [0.1, 0.15) is 5.82 Å². The summed E-state index contributed by atoms with van der Waals surface area (Å²) in [6.07, 6.45) is 5.10. The maximum absolute atomic E-state index is 4.59. The van der Waals surface area contributed by atoms with Crippen molar-refractivity contribution in [1.29, 1.82) is 0 Å². The first-order valence-corrected chi connectivity index (χ1v) is 8.01. The van der Waals surface area contributed by atoms with Crippen molar-refractivity contribution in [3.63, 3.8) is 0 Å². The largest absolute Gasteiger partial charge is 0.333 e. The summed E-state index contributed by atoms with van der Waals surface area (Å²) < 4.78 is 2.25. The van der Waals surface area contributed by atoms with Gasteiger partial charge in [0.05, 0.1) is 6.04 Å². The second-order valence-corrected chi connectivity index (χ2v) is 5.79. The quantitative estimate of drug-likeness (QED) is 0.829. The van der Waals surface area contributed by atoms with Gasteiger partial charge in [-0.15, -0.1) is 0 Å². The van der Waals surface area contributed by atoms with Crippen molar-refractivity contribution in [3.8, 4) is 0 Å². The minimum absolute atomic E-state index is 0.165. The lowest BCUT2D eigenvalue weighted by Crippen LogP contribution is -2.25. The number of hydrogen-bond donors (Lipinski definition) is 1. The Labute approximate surface area is 128 Å². The molecular weight excluding hydrogens is 258 g/mol. The molecule has 1 aromatic carbocycles. The molecule has 2 aromatic rings. The van der Waals surface area contributed by atoms with Crippen molar-refractivity contribution in [1.82, 2.24) is 14.9 Å². The molecule has 0 aliphatic carbocycles. The standard InChI is InChI=1S/C18H27N3/c1-5-12-21-13-11-20-18(21)17(19-6-2)16-9-7-15(8-10-16)14(3)4/h7-11,13-14,17,19H,5-6,12H2,1-4H3. The number of rotatable bonds is 7. The number of hydrogen-bond acceptors (Lipinski definition) is 2. The molecule has 1 heterocycles. The van der Waals surface area contributed by atoms with Gasteiger partial charge in [0.25, 0.3) is 0 Å². The summed E-state index contributed by atoms with van der Waals surface area (Å²) in [5.74, 6) is 1.68. The van der Waals surface area contributed by atoms with E-state index >= 15 is 0 Å².